The lowest BCUT2D eigenvalue weighted by atomic mass is 10.1. The summed E-state index contributed by atoms with van der Waals surface area (Å²) in [6.45, 7) is 0. The van der Waals surface area contributed by atoms with Gasteiger partial charge in [-0.25, -0.2) is 5.21 Å². The van der Waals surface area contributed by atoms with Crippen molar-refractivity contribution in [3.8, 4) is 11.3 Å². The summed E-state index contributed by atoms with van der Waals surface area (Å²) in [5.74, 6) is 1.06. The molecule has 1 unspecified atom stereocenters. The van der Waals surface area contributed by atoms with Gasteiger partial charge in [-0.2, -0.15) is 5.23 Å². The topological polar surface area (TPSA) is 77.9 Å². The molecule has 0 amide bonds. The van der Waals surface area contributed by atoms with Gasteiger partial charge >= 0.3 is 0 Å². The number of allylic oxidation sites excluding steroid dienone is 1. The second kappa shape index (κ2) is 7.06. The van der Waals surface area contributed by atoms with Gasteiger partial charge in [0.15, 0.2) is 11.5 Å². The van der Waals surface area contributed by atoms with Crippen molar-refractivity contribution >= 4 is 17.5 Å². The van der Waals surface area contributed by atoms with Gasteiger partial charge in [0, 0.05) is 23.3 Å². The Morgan fingerprint density at radius 1 is 1.00 bits per heavy atom. The van der Waals surface area contributed by atoms with E-state index in [1.165, 1.54) is 18.2 Å². The Morgan fingerprint density at radius 2 is 1.71 bits per heavy atom. The van der Waals surface area contributed by atoms with Gasteiger partial charge in [0.05, 0.1) is 0 Å². The number of furan rings is 1. The van der Waals surface area contributed by atoms with Crippen molar-refractivity contribution in [2.24, 2.45) is 0 Å². The molecule has 0 spiro atoms. The summed E-state index contributed by atoms with van der Waals surface area (Å²) in [5, 5.41) is 18.8. The van der Waals surface area contributed by atoms with Crippen LogP contribution in [0.5, 0.6) is 0 Å². The van der Waals surface area contributed by atoms with Crippen LogP contribution in [0.2, 0.25) is 0 Å². The maximum atomic E-state index is 12.0. The highest BCUT2D eigenvalue weighted by Crippen LogP contribution is 2.23. The summed E-state index contributed by atoms with van der Waals surface area (Å²) < 4.78 is 5.67. The molecule has 2 N–H and O–H groups in total. The number of quaternary nitrogens is 1. The minimum Gasteiger partial charge on any atom is -0.595 e. The van der Waals surface area contributed by atoms with E-state index < -0.39 is 5.23 Å². The molecule has 5 nitrogen and oxygen atoms in total. The molecule has 0 aliphatic rings. The maximum Gasteiger partial charge on any atom is 0.185 e. The number of carbonyl (C=O) groups is 1. The van der Waals surface area contributed by atoms with Crippen molar-refractivity contribution in [2.75, 3.05) is 0 Å². The van der Waals surface area contributed by atoms with Crippen LogP contribution in [0.1, 0.15) is 16.1 Å². The van der Waals surface area contributed by atoms with Crippen LogP contribution in [-0.4, -0.2) is 11.0 Å². The molecule has 120 valence electrons. The number of benzene rings is 2. The number of hydrogen-bond acceptors (Lipinski definition) is 4. The number of hydrogen-bond donors (Lipinski definition) is 2. The van der Waals surface area contributed by atoms with E-state index in [1.54, 1.807) is 42.5 Å². The maximum absolute atomic E-state index is 12.0. The fourth-order valence-corrected chi connectivity index (χ4v) is 2.23. The third-order valence-corrected chi connectivity index (χ3v) is 3.50. The van der Waals surface area contributed by atoms with Gasteiger partial charge in [-0.3, -0.25) is 4.79 Å². The molecular formula is C19H15NO4. The molecule has 3 rings (SSSR count). The average Bonchev–Trinajstić information content (AvgIpc) is 3.09. The Kier molecular flexibility index (Phi) is 4.67. The Balaban J connectivity index is 1.73. The average molecular weight is 321 g/mol. The van der Waals surface area contributed by atoms with Gasteiger partial charge in [0.25, 0.3) is 0 Å². The van der Waals surface area contributed by atoms with Crippen LogP contribution in [0.4, 0.5) is 5.69 Å². The Hall–Kier alpha value is -2.99. The zero-order chi connectivity index (χ0) is 16.9. The second-order valence-corrected chi connectivity index (χ2v) is 5.15. The number of nitrogens with one attached hydrogen (secondary N) is 1. The Bertz CT molecular complexity index is 849. The van der Waals surface area contributed by atoms with Crippen LogP contribution in [0.3, 0.4) is 0 Å². The third-order valence-electron chi connectivity index (χ3n) is 3.50. The molecule has 3 aromatic rings. The minimum atomic E-state index is -0.968. The first-order valence-corrected chi connectivity index (χ1v) is 7.34. The van der Waals surface area contributed by atoms with Crippen LogP contribution < -0.4 is 5.23 Å². The number of ketones is 1. The van der Waals surface area contributed by atoms with E-state index in [2.05, 4.69) is 0 Å². The van der Waals surface area contributed by atoms with E-state index in [1.807, 2.05) is 18.2 Å². The number of carbonyl (C=O) groups excluding carboxylic acids is 1. The summed E-state index contributed by atoms with van der Waals surface area (Å²) in [6.07, 6.45) is 3.08. The lowest BCUT2D eigenvalue weighted by Gasteiger charge is -2.11. The lowest BCUT2D eigenvalue weighted by Crippen LogP contribution is -2.99. The van der Waals surface area contributed by atoms with Gasteiger partial charge in [0.2, 0.25) is 0 Å². The summed E-state index contributed by atoms with van der Waals surface area (Å²) in [5.41, 5.74) is 1.61. The minimum absolute atomic E-state index is 0.0978. The monoisotopic (exact) mass is 321 g/mol. The summed E-state index contributed by atoms with van der Waals surface area (Å²) in [6, 6.07) is 18.9. The molecule has 0 radical (unpaired) electrons. The molecule has 0 bridgehead atoms. The van der Waals surface area contributed by atoms with Crippen molar-refractivity contribution < 1.29 is 19.6 Å². The Morgan fingerprint density at radius 3 is 2.38 bits per heavy atom. The highest BCUT2D eigenvalue weighted by atomic mass is 16.8. The normalized spacial score (nSPS) is 12.4. The molecule has 0 aliphatic carbocycles. The van der Waals surface area contributed by atoms with E-state index in [0.717, 1.165) is 5.56 Å². The molecule has 1 atom stereocenters. The molecule has 2 aromatic carbocycles. The van der Waals surface area contributed by atoms with Crippen LogP contribution in [0.15, 0.2) is 77.2 Å². The molecule has 0 fully saturated rings. The van der Waals surface area contributed by atoms with Gasteiger partial charge < -0.3 is 9.62 Å². The fourth-order valence-electron chi connectivity index (χ4n) is 2.23. The molecular weight excluding hydrogens is 306 g/mol. The van der Waals surface area contributed by atoms with Crippen molar-refractivity contribution in [1.82, 2.24) is 0 Å². The first-order chi connectivity index (χ1) is 11.6. The molecule has 24 heavy (non-hydrogen) atoms. The van der Waals surface area contributed by atoms with E-state index in [4.69, 9.17) is 9.62 Å². The smallest absolute Gasteiger partial charge is 0.185 e. The van der Waals surface area contributed by atoms with E-state index in [9.17, 15) is 10.0 Å². The van der Waals surface area contributed by atoms with Crippen molar-refractivity contribution in [2.45, 2.75) is 0 Å². The van der Waals surface area contributed by atoms with E-state index in [0.29, 0.717) is 17.1 Å². The molecule has 0 saturated heterocycles. The zero-order valence-electron chi connectivity index (χ0n) is 12.7. The molecule has 1 heterocycles. The van der Waals surface area contributed by atoms with Crippen molar-refractivity contribution in [3.63, 3.8) is 0 Å². The highest BCUT2D eigenvalue weighted by Gasteiger charge is 2.06. The standard InChI is InChI=1S/C19H15NO4/c21-18(14-4-2-1-3-5-14)12-10-17-11-13-19(24-17)15-6-8-16(9-7-15)20(22)23/h1-13,20,22H. The van der Waals surface area contributed by atoms with Crippen molar-refractivity contribution in [3.05, 3.63) is 89.3 Å². The largest absolute Gasteiger partial charge is 0.595 e. The highest BCUT2D eigenvalue weighted by molar-refractivity contribution is 6.06. The predicted molar refractivity (Wildman–Crippen MR) is 89.7 cm³/mol. The predicted octanol–water partition coefficient (Wildman–Crippen LogP) is 3.25. The van der Waals surface area contributed by atoms with Crippen LogP contribution in [0.25, 0.3) is 17.4 Å². The number of rotatable bonds is 5. The van der Waals surface area contributed by atoms with Crippen molar-refractivity contribution in [1.29, 1.82) is 0 Å². The molecule has 0 aliphatic heterocycles. The first kappa shape index (κ1) is 15.9. The first-order valence-electron chi connectivity index (χ1n) is 7.34. The van der Waals surface area contributed by atoms with Crippen LogP contribution in [-0.2, 0) is 0 Å². The lowest BCUT2D eigenvalue weighted by molar-refractivity contribution is -0.991. The SMILES string of the molecule is O=C(C=Cc1ccc(-c2ccc([NH+]([O-])O)cc2)o1)c1ccccc1. The quantitative estimate of drug-likeness (QED) is 0.429. The van der Waals surface area contributed by atoms with E-state index >= 15 is 0 Å². The van der Waals surface area contributed by atoms with Gasteiger partial charge in [-0.15, -0.1) is 0 Å². The van der Waals surface area contributed by atoms with Gasteiger partial charge in [-0.05, 0) is 36.4 Å². The molecule has 5 heteroatoms. The molecule has 0 saturated carbocycles. The van der Waals surface area contributed by atoms with Gasteiger partial charge in [0.1, 0.15) is 11.5 Å². The second-order valence-electron chi connectivity index (χ2n) is 5.15. The summed E-state index contributed by atoms with van der Waals surface area (Å²) >= 11 is 0. The summed E-state index contributed by atoms with van der Waals surface area (Å²) in [7, 11) is 0. The Labute approximate surface area is 138 Å². The summed E-state index contributed by atoms with van der Waals surface area (Å²) in [4.78, 5) is 12.0. The third kappa shape index (κ3) is 3.67. The zero-order valence-corrected chi connectivity index (χ0v) is 12.7. The fraction of sp³-hybridized carbons (Fsp3) is 0. The van der Waals surface area contributed by atoms with E-state index in [-0.39, 0.29) is 11.5 Å². The van der Waals surface area contributed by atoms with Gasteiger partial charge in [-0.1, -0.05) is 30.3 Å². The molecule has 1 aromatic heterocycles. The van der Waals surface area contributed by atoms with Crippen LogP contribution in [0, 0.1) is 5.21 Å². The van der Waals surface area contributed by atoms with Crippen LogP contribution >= 0.6 is 0 Å².